The van der Waals surface area contributed by atoms with E-state index in [0.29, 0.717) is 6.54 Å². The molecule has 1 rings (SSSR count). The number of nitrogens with two attached hydrogens (primary N) is 1. The van der Waals surface area contributed by atoms with Gasteiger partial charge in [0, 0.05) is 19.3 Å². The number of carbonyl (C=O) groups is 1. The number of hydrogen-bond donors (Lipinski definition) is 2. The predicted molar refractivity (Wildman–Crippen MR) is 77.0 cm³/mol. The third-order valence-corrected chi connectivity index (χ3v) is 4.83. The monoisotopic (exact) mass is 367 g/mol. The van der Waals surface area contributed by atoms with Crippen LogP contribution in [0.2, 0.25) is 0 Å². The van der Waals surface area contributed by atoms with Crippen molar-refractivity contribution in [2.24, 2.45) is 0 Å². The summed E-state index contributed by atoms with van der Waals surface area (Å²) in [6.45, 7) is 1.69. The number of anilines is 1. The van der Waals surface area contributed by atoms with E-state index in [1.165, 1.54) is 13.1 Å². The number of halogens is 2. The van der Waals surface area contributed by atoms with Gasteiger partial charge in [0.1, 0.15) is 4.90 Å². The van der Waals surface area contributed by atoms with Crippen LogP contribution >= 0.6 is 15.9 Å². The number of sulfonamides is 1. The Bertz CT molecular complexity index is 622. The van der Waals surface area contributed by atoms with Gasteiger partial charge in [-0.2, -0.15) is 4.31 Å². The van der Waals surface area contributed by atoms with Crippen LogP contribution in [0.15, 0.2) is 21.5 Å². The molecular formula is C11H15BrFN3O3S. The zero-order valence-corrected chi connectivity index (χ0v) is 13.4. The van der Waals surface area contributed by atoms with Gasteiger partial charge < -0.3 is 11.1 Å². The number of amides is 1. The molecule has 1 aromatic carbocycles. The molecule has 0 aliphatic carbocycles. The third-order valence-electron chi connectivity index (χ3n) is 2.45. The molecular weight excluding hydrogens is 353 g/mol. The van der Waals surface area contributed by atoms with E-state index in [0.717, 1.165) is 10.4 Å². The first-order valence-electron chi connectivity index (χ1n) is 5.67. The van der Waals surface area contributed by atoms with Crippen molar-refractivity contribution >= 4 is 37.5 Å². The lowest BCUT2D eigenvalue weighted by atomic mass is 10.3. The Morgan fingerprint density at radius 3 is 2.65 bits per heavy atom. The van der Waals surface area contributed by atoms with E-state index in [1.54, 1.807) is 6.92 Å². The molecule has 0 aliphatic heterocycles. The van der Waals surface area contributed by atoms with Crippen molar-refractivity contribution in [3.05, 3.63) is 22.4 Å². The quantitative estimate of drug-likeness (QED) is 0.757. The molecule has 0 unspecified atom stereocenters. The molecule has 0 saturated heterocycles. The maximum Gasteiger partial charge on any atom is 0.246 e. The lowest BCUT2D eigenvalue weighted by Crippen LogP contribution is -2.38. The molecule has 0 fully saturated rings. The van der Waals surface area contributed by atoms with Crippen LogP contribution < -0.4 is 11.1 Å². The molecule has 0 aliphatic rings. The minimum atomic E-state index is -4.14. The van der Waals surface area contributed by atoms with Gasteiger partial charge in [-0.05, 0) is 35.0 Å². The molecule has 1 aromatic rings. The Morgan fingerprint density at radius 1 is 1.50 bits per heavy atom. The topological polar surface area (TPSA) is 92.5 Å². The molecule has 0 heterocycles. The Kier molecular flexibility index (Phi) is 5.49. The number of likely N-dealkylation sites (N-methyl/N-ethyl adjacent to an activating group) is 2. The summed E-state index contributed by atoms with van der Waals surface area (Å²) in [5.74, 6) is -1.41. The highest BCUT2D eigenvalue weighted by Crippen LogP contribution is 2.27. The Hall–Kier alpha value is -1.19. The van der Waals surface area contributed by atoms with Crippen molar-refractivity contribution in [3.8, 4) is 0 Å². The normalized spacial score (nSPS) is 11.7. The summed E-state index contributed by atoms with van der Waals surface area (Å²) in [6.07, 6.45) is 0. The maximum atomic E-state index is 13.9. The minimum Gasteiger partial charge on any atom is -0.399 e. The van der Waals surface area contributed by atoms with Gasteiger partial charge in [0.2, 0.25) is 15.9 Å². The van der Waals surface area contributed by atoms with Crippen LogP contribution in [0.4, 0.5) is 10.1 Å². The predicted octanol–water partition coefficient (Wildman–Crippen LogP) is 0.927. The van der Waals surface area contributed by atoms with Gasteiger partial charge in [0.25, 0.3) is 0 Å². The van der Waals surface area contributed by atoms with Gasteiger partial charge in [-0.25, -0.2) is 12.8 Å². The Morgan fingerprint density at radius 2 is 2.10 bits per heavy atom. The van der Waals surface area contributed by atoms with Crippen LogP contribution in [-0.4, -0.2) is 38.8 Å². The summed E-state index contributed by atoms with van der Waals surface area (Å²) in [4.78, 5) is 10.8. The Balaban J connectivity index is 3.14. The van der Waals surface area contributed by atoms with E-state index in [-0.39, 0.29) is 10.2 Å². The number of nitrogens with zero attached hydrogens (tertiary/aromatic N) is 1. The van der Waals surface area contributed by atoms with Crippen LogP contribution in [0.3, 0.4) is 0 Å². The average Bonchev–Trinajstić information content (AvgIpc) is 2.33. The van der Waals surface area contributed by atoms with Crippen molar-refractivity contribution in [3.63, 3.8) is 0 Å². The Labute approximate surface area is 125 Å². The van der Waals surface area contributed by atoms with Crippen LogP contribution in [-0.2, 0) is 14.8 Å². The van der Waals surface area contributed by atoms with E-state index < -0.39 is 33.2 Å². The standard InChI is InChI=1S/C11H15BrFN3O3S/c1-3-15-10(17)6-16(2)20(18,19)9-5-7(14)4-8(12)11(9)13/h4-5H,3,6,14H2,1-2H3,(H,15,17). The summed E-state index contributed by atoms with van der Waals surface area (Å²) in [5.41, 5.74) is 5.62. The first kappa shape index (κ1) is 16.9. The third kappa shape index (κ3) is 3.68. The number of hydrogen-bond acceptors (Lipinski definition) is 4. The molecule has 0 bridgehead atoms. The van der Waals surface area contributed by atoms with Crippen molar-refractivity contribution in [2.45, 2.75) is 11.8 Å². The summed E-state index contributed by atoms with van der Waals surface area (Å²) in [6, 6.07) is 2.28. The zero-order chi connectivity index (χ0) is 15.5. The van der Waals surface area contributed by atoms with Crippen molar-refractivity contribution < 1.29 is 17.6 Å². The number of benzene rings is 1. The van der Waals surface area contributed by atoms with Gasteiger partial charge in [-0.1, -0.05) is 0 Å². The molecule has 3 N–H and O–H groups in total. The van der Waals surface area contributed by atoms with Gasteiger partial charge in [0.15, 0.2) is 5.82 Å². The summed E-state index contributed by atoms with van der Waals surface area (Å²) < 4.78 is 39.1. The molecule has 0 atom stereocenters. The van der Waals surface area contributed by atoms with Crippen molar-refractivity contribution in [1.29, 1.82) is 0 Å². The van der Waals surface area contributed by atoms with Crippen LogP contribution in [0.1, 0.15) is 6.92 Å². The van der Waals surface area contributed by atoms with Crippen LogP contribution in [0.25, 0.3) is 0 Å². The molecule has 0 spiro atoms. The maximum absolute atomic E-state index is 13.9. The SMILES string of the molecule is CCNC(=O)CN(C)S(=O)(=O)c1cc(N)cc(Br)c1F. The lowest BCUT2D eigenvalue weighted by molar-refractivity contribution is -0.121. The highest BCUT2D eigenvalue weighted by Gasteiger charge is 2.27. The number of rotatable bonds is 5. The summed E-state index contributed by atoms with van der Waals surface area (Å²) in [5, 5.41) is 2.46. The second-order valence-electron chi connectivity index (χ2n) is 4.03. The average molecular weight is 368 g/mol. The minimum absolute atomic E-state index is 0.0533. The van der Waals surface area contributed by atoms with E-state index in [9.17, 15) is 17.6 Å². The largest absolute Gasteiger partial charge is 0.399 e. The second kappa shape index (κ2) is 6.51. The first-order chi connectivity index (χ1) is 9.20. The fraction of sp³-hybridized carbons (Fsp3) is 0.364. The molecule has 20 heavy (non-hydrogen) atoms. The molecule has 0 radical (unpaired) electrons. The van der Waals surface area contributed by atoms with Gasteiger partial charge in [0.05, 0.1) is 11.0 Å². The fourth-order valence-corrected chi connectivity index (χ4v) is 3.33. The second-order valence-corrected chi connectivity index (χ2v) is 6.90. The molecule has 0 saturated carbocycles. The highest BCUT2D eigenvalue weighted by atomic mass is 79.9. The number of carbonyl (C=O) groups excluding carboxylic acids is 1. The summed E-state index contributed by atoms with van der Waals surface area (Å²) >= 11 is 2.90. The molecule has 0 aromatic heterocycles. The van der Waals surface area contributed by atoms with Crippen LogP contribution in [0.5, 0.6) is 0 Å². The van der Waals surface area contributed by atoms with E-state index in [4.69, 9.17) is 5.73 Å². The number of nitrogen functional groups attached to an aromatic ring is 1. The van der Waals surface area contributed by atoms with Gasteiger partial charge in [-0.15, -0.1) is 0 Å². The fourth-order valence-electron chi connectivity index (χ4n) is 1.48. The summed E-state index contributed by atoms with van der Waals surface area (Å²) in [7, 11) is -2.94. The van der Waals surface area contributed by atoms with E-state index in [1.807, 2.05) is 0 Å². The van der Waals surface area contributed by atoms with Crippen molar-refractivity contribution in [2.75, 3.05) is 25.9 Å². The van der Waals surface area contributed by atoms with Crippen LogP contribution in [0, 0.1) is 5.82 Å². The highest BCUT2D eigenvalue weighted by molar-refractivity contribution is 9.10. The van der Waals surface area contributed by atoms with E-state index in [2.05, 4.69) is 21.2 Å². The number of nitrogens with one attached hydrogen (secondary N) is 1. The van der Waals surface area contributed by atoms with E-state index >= 15 is 0 Å². The first-order valence-corrected chi connectivity index (χ1v) is 7.91. The lowest BCUT2D eigenvalue weighted by Gasteiger charge is -2.17. The molecule has 9 heteroatoms. The molecule has 112 valence electrons. The molecule has 1 amide bonds. The zero-order valence-electron chi connectivity index (χ0n) is 11.0. The van der Waals surface area contributed by atoms with Gasteiger partial charge in [-0.3, -0.25) is 4.79 Å². The molecule has 6 nitrogen and oxygen atoms in total. The van der Waals surface area contributed by atoms with Crippen molar-refractivity contribution in [1.82, 2.24) is 9.62 Å². The van der Waals surface area contributed by atoms with Gasteiger partial charge >= 0.3 is 0 Å². The smallest absolute Gasteiger partial charge is 0.246 e.